The van der Waals surface area contributed by atoms with Gasteiger partial charge in [0, 0.05) is 23.9 Å². The number of thiophene rings is 1. The standard InChI is InChI=1S/C25H26N2O5S/c1-3-32-24(29)16-27-19-10-6-5-9-18(19)20(31-2)12-13-26(15-23(27)28)25(30)22-14-17-8-4-7-11-21(17)33-22/h4-11,14,20H,3,12-13,15-16H2,1-2H3. The van der Waals surface area contributed by atoms with Crippen LogP contribution in [-0.4, -0.2) is 56.0 Å². The van der Waals surface area contributed by atoms with Crippen LogP contribution >= 0.6 is 11.3 Å². The summed E-state index contributed by atoms with van der Waals surface area (Å²) in [6.45, 7) is 1.92. The van der Waals surface area contributed by atoms with Gasteiger partial charge < -0.3 is 14.4 Å². The van der Waals surface area contributed by atoms with Gasteiger partial charge in [-0.3, -0.25) is 19.3 Å². The van der Waals surface area contributed by atoms with Crippen molar-refractivity contribution in [1.29, 1.82) is 0 Å². The molecular formula is C25H26N2O5S. The lowest BCUT2D eigenvalue weighted by Crippen LogP contribution is -2.45. The van der Waals surface area contributed by atoms with Crippen LogP contribution in [0.5, 0.6) is 0 Å². The van der Waals surface area contributed by atoms with Crippen molar-refractivity contribution in [1.82, 2.24) is 4.90 Å². The Morgan fingerprint density at radius 3 is 2.64 bits per heavy atom. The first-order valence-corrected chi connectivity index (χ1v) is 11.7. The molecule has 2 heterocycles. The fourth-order valence-electron chi connectivity index (χ4n) is 4.07. The molecule has 0 saturated carbocycles. The van der Waals surface area contributed by atoms with Crippen LogP contribution < -0.4 is 4.90 Å². The van der Waals surface area contributed by atoms with Crippen molar-refractivity contribution in [3.63, 3.8) is 0 Å². The number of esters is 1. The predicted molar refractivity (Wildman–Crippen MR) is 128 cm³/mol. The summed E-state index contributed by atoms with van der Waals surface area (Å²) in [6, 6.07) is 17.0. The Balaban J connectivity index is 1.69. The first-order valence-electron chi connectivity index (χ1n) is 10.9. The highest BCUT2D eigenvalue weighted by atomic mass is 32.1. The maximum absolute atomic E-state index is 13.4. The van der Waals surface area contributed by atoms with Gasteiger partial charge in [0.25, 0.3) is 5.91 Å². The Kier molecular flexibility index (Phi) is 7.05. The number of ether oxygens (including phenoxy) is 2. The molecule has 3 aromatic rings. The van der Waals surface area contributed by atoms with Crippen LogP contribution in [0.2, 0.25) is 0 Å². The predicted octanol–water partition coefficient (Wildman–Crippen LogP) is 4.03. The molecule has 8 heteroatoms. The molecule has 0 bridgehead atoms. The SMILES string of the molecule is CCOC(=O)CN1C(=O)CN(C(=O)c2cc3ccccc3s2)CCC(OC)c2ccccc21. The fraction of sp³-hybridized carbons (Fsp3) is 0.320. The maximum atomic E-state index is 13.4. The van der Waals surface area contributed by atoms with Crippen LogP contribution in [0.15, 0.2) is 54.6 Å². The number of carbonyl (C=O) groups is 3. The zero-order valence-electron chi connectivity index (χ0n) is 18.7. The van der Waals surface area contributed by atoms with E-state index in [1.807, 2.05) is 48.5 Å². The summed E-state index contributed by atoms with van der Waals surface area (Å²) in [4.78, 5) is 42.7. The number of hydrogen-bond donors (Lipinski definition) is 0. The summed E-state index contributed by atoms with van der Waals surface area (Å²) < 4.78 is 11.9. The van der Waals surface area contributed by atoms with Gasteiger partial charge >= 0.3 is 5.97 Å². The Hall–Kier alpha value is -3.23. The van der Waals surface area contributed by atoms with Crippen LogP contribution in [0.3, 0.4) is 0 Å². The van der Waals surface area contributed by atoms with Gasteiger partial charge in [0.2, 0.25) is 5.91 Å². The lowest BCUT2D eigenvalue weighted by molar-refractivity contribution is -0.142. The number of para-hydroxylation sites is 1. The molecule has 0 saturated heterocycles. The molecule has 0 aliphatic carbocycles. The van der Waals surface area contributed by atoms with Crippen molar-refractivity contribution >= 4 is 44.9 Å². The van der Waals surface area contributed by atoms with Crippen LogP contribution in [0, 0.1) is 0 Å². The first-order chi connectivity index (χ1) is 16.0. The third-order valence-electron chi connectivity index (χ3n) is 5.66. The minimum Gasteiger partial charge on any atom is -0.465 e. The number of methoxy groups -OCH3 is 1. The highest BCUT2D eigenvalue weighted by molar-refractivity contribution is 7.20. The quantitative estimate of drug-likeness (QED) is 0.531. The zero-order valence-corrected chi connectivity index (χ0v) is 19.5. The lowest BCUT2D eigenvalue weighted by Gasteiger charge is -2.26. The number of anilines is 1. The lowest BCUT2D eigenvalue weighted by atomic mass is 10.0. The molecule has 2 aromatic carbocycles. The van der Waals surface area contributed by atoms with E-state index in [0.717, 1.165) is 15.6 Å². The Morgan fingerprint density at radius 1 is 1.12 bits per heavy atom. The van der Waals surface area contributed by atoms with Crippen LogP contribution in [0.4, 0.5) is 5.69 Å². The minimum atomic E-state index is -0.503. The number of carbonyl (C=O) groups excluding carboxylic acids is 3. The molecule has 1 aliphatic rings. The summed E-state index contributed by atoms with van der Waals surface area (Å²) in [7, 11) is 1.61. The third-order valence-corrected chi connectivity index (χ3v) is 6.77. The number of amides is 2. The average Bonchev–Trinajstić information content (AvgIpc) is 3.27. The van der Waals surface area contributed by atoms with Gasteiger partial charge in [-0.05, 0) is 36.9 Å². The molecule has 1 aliphatic heterocycles. The molecule has 2 amide bonds. The number of fused-ring (bicyclic) bond motifs is 2. The molecule has 172 valence electrons. The molecule has 0 radical (unpaired) electrons. The highest BCUT2D eigenvalue weighted by Gasteiger charge is 2.31. The highest BCUT2D eigenvalue weighted by Crippen LogP contribution is 2.33. The summed E-state index contributed by atoms with van der Waals surface area (Å²) in [5.74, 6) is -1.06. The number of rotatable bonds is 5. The van der Waals surface area contributed by atoms with Crippen molar-refractivity contribution in [3.05, 3.63) is 65.0 Å². The van der Waals surface area contributed by atoms with Crippen molar-refractivity contribution < 1.29 is 23.9 Å². The van der Waals surface area contributed by atoms with E-state index in [1.165, 1.54) is 16.2 Å². The molecular weight excluding hydrogens is 440 g/mol. The first kappa shape index (κ1) is 22.9. The number of nitrogens with zero attached hydrogens (tertiary/aromatic N) is 2. The van der Waals surface area contributed by atoms with Crippen molar-refractivity contribution in [2.75, 3.05) is 38.3 Å². The molecule has 0 spiro atoms. The number of benzene rings is 2. The van der Waals surface area contributed by atoms with Gasteiger partial charge in [0.05, 0.1) is 23.3 Å². The molecule has 0 N–H and O–H groups in total. The molecule has 1 atom stereocenters. The van der Waals surface area contributed by atoms with E-state index in [9.17, 15) is 14.4 Å². The van der Waals surface area contributed by atoms with Gasteiger partial charge in [0.1, 0.15) is 13.1 Å². The van der Waals surface area contributed by atoms with E-state index in [0.29, 0.717) is 23.5 Å². The molecule has 0 fully saturated rings. The third kappa shape index (κ3) is 4.91. The number of hydrogen-bond acceptors (Lipinski definition) is 6. The second-order valence-corrected chi connectivity index (χ2v) is 8.82. The normalized spacial score (nSPS) is 16.7. The van der Waals surface area contributed by atoms with E-state index < -0.39 is 5.97 Å². The Labute approximate surface area is 196 Å². The second-order valence-electron chi connectivity index (χ2n) is 7.73. The molecule has 1 aromatic heterocycles. The van der Waals surface area contributed by atoms with Gasteiger partial charge in [-0.2, -0.15) is 0 Å². The van der Waals surface area contributed by atoms with E-state index in [2.05, 4.69) is 0 Å². The van der Waals surface area contributed by atoms with Gasteiger partial charge in [-0.1, -0.05) is 36.4 Å². The van der Waals surface area contributed by atoms with Gasteiger partial charge in [-0.15, -0.1) is 11.3 Å². The molecule has 1 unspecified atom stereocenters. The topological polar surface area (TPSA) is 76.2 Å². The van der Waals surface area contributed by atoms with E-state index >= 15 is 0 Å². The van der Waals surface area contributed by atoms with Gasteiger partial charge in [-0.25, -0.2) is 0 Å². The molecule has 33 heavy (non-hydrogen) atoms. The molecule has 7 nitrogen and oxygen atoms in total. The van der Waals surface area contributed by atoms with E-state index in [-0.39, 0.29) is 37.6 Å². The van der Waals surface area contributed by atoms with Crippen molar-refractivity contribution in [3.8, 4) is 0 Å². The average molecular weight is 467 g/mol. The van der Waals surface area contributed by atoms with Crippen LogP contribution in [-0.2, 0) is 19.1 Å². The fourth-order valence-corrected chi connectivity index (χ4v) is 5.10. The summed E-state index contributed by atoms with van der Waals surface area (Å²) in [5, 5.41) is 0.993. The summed E-state index contributed by atoms with van der Waals surface area (Å²) in [5.41, 5.74) is 1.40. The Morgan fingerprint density at radius 2 is 1.88 bits per heavy atom. The van der Waals surface area contributed by atoms with Gasteiger partial charge in [0.15, 0.2) is 0 Å². The molecule has 4 rings (SSSR count). The maximum Gasteiger partial charge on any atom is 0.326 e. The largest absolute Gasteiger partial charge is 0.465 e. The summed E-state index contributed by atoms with van der Waals surface area (Å²) in [6.07, 6.45) is 0.180. The van der Waals surface area contributed by atoms with Crippen LogP contribution in [0.1, 0.15) is 34.7 Å². The van der Waals surface area contributed by atoms with Crippen LogP contribution in [0.25, 0.3) is 10.1 Å². The Bertz CT molecular complexity index is 1140. The second kappa shape index (κ2) is 10.1. The van der Waals surface area contributed by atoms with E-state index in [1.54, 1.807) is 25.0 Å². The summed E-state index contributed by atoms with van der Waals surface area (Å²) >= 11 is 1.41. The monoisotopic (exact) mass is 466 g/mol. The van der Waals surface area contributed by atoms with Crippen molar-refractivity contribution in [2.24, 2.45) is 0 Å². The van der Waals surface area contributed by atoms with E-state index in [4.69, 9.17) is 9.47 Å². The van der Waals surface area contributed by atoms with Crippen molar-refractivity contribution in [2.45, 2.75) is 19.4 Å². The smallest absolute Gasteiger partial charge is 0.326 e. The minimum absolute atomic E-state index is 0.142. The zero-order chi connectivity index (χ0) is 23.4.